The molecule has 1 aromatic carbocycles. The molecule has 0 aliphatic rings. The molecule has 166 valence electrons. The lowest BCUT2D eigenvalue weighted by atomic mass is 10.0. The summed E-state index contributed by atoms with van der Waals surface area (Å²) in [5.41, 5.74) is 0.933. The van der Waals surface area contributed by atoms with Crippen LogP contribution in [-0.2, 0) is 14.3 Å². The van der Waals surface area contributed by atoms with Crippen LogP contribution >= 0.6 is 11.3 Å². The van der Waals surface area contributed by atoms with Gasteiger partial charge in [0.2, 0.25) is 11.7 Å². The van der Waals surface area contributed by atoms with E-state index in [4.69, 9.17) is 4.74 Å². The van der Waals surface area contributed by atoms with Crippen LogP contribution in [0.4, 0.5) is 5.69 Å². The molecule has 0 aliphatic heterocycles. The molecule has 31 heavy (non-hydrogen) atoms. The van der Waals surface area contributed by atoms with Crippen molar-refractivity contribution in [3.63, 3.8) is 0 Å². The Balaban J connectivity index is 2.00. The molecule has 0 fully saturated rings. The second kappa shape index (κ2) is 10.9. The number of nitrogens with one attached hydrogen (secondary N) is 2. The van der Waals surface area contributed by atoms with E-state index in [1.807, 2.05) is 0 Å². The molecule has 0 spiro atoms. The molecule has 2 unspecified atom stereocenters. The van der Waals surface area contributed by atoms with Crippen LogP contribution in [-0.4, -0.2) is 35.7 Å². The Morgan fingerprint density at radius 3 is 2.10 bits per heavy atom. The van der Waals surface area contributed by atoms with Crippen molar-refractivity contribution in [2.45, 2.75) is 46.8 Å². The number of benzene rings is 1. The molecule has 2 amide bonds. The standard InChI is InChI=1S/C23H28N2O5S/c1-13(2)19(25-22(28)18-7-6-12-31-18)23(29)30-15(5)20(26)16-8-10-17(11-9-16)24-21(27)14(3)4/h6-15,19H,1-5H3,(H,24,27)(H,25,28). The Morgan fingerprint density at radius 1 is 0.935 bits per heavy atom. The van der Waals surface area contributed by atoms with Crippen molar-refractivity contribution in [2.24, 2.45) is 11.8 Å². The molecule has 2 N–H and O–H groups in total. The van der Waals surface area contributed by atoms with Crippen LogP contribution in [0.5, 0.6) is 0 Å². The number of hydrogen-bond acceptors (Lipinski definition) is 6. The van der Waals surface area contributed by atoms with Gasteiger partial charge in [0.1, 0.15) is 6.04 Å². The lowest BCUT2D eigenvalue weighted by Gasteiger charge is -2.22. The van der Waals surface area contributed by atoms with E-state index >= 15 is 0 Å². The summed E-state index contributed by atoms with van der Waals surface area (Å²) < 4.78 is 5.36. The first-order valence-corrected chi connectivity index (χ1v) is 11.0. The zero-order valence-electron chi connectivity index (χ0n) is 18.3. The van der Waals surface area contributed by atoms with Crippen LogP contribution in [0.2, 0.25) is 0 Å². The summed E-state index contributed by atoms with van der Waals surface area (Å²) in [6.45, 7) is 8.65. The third-order valence-electron chi connectivity index (χ3n) is 4.58. The Bertz CT molecular complexity index is 920. The van der Waals surface area contributed by atoms with Gasteiger partial charge in [-0.1, -0.05) is 33.8 Å². The summed E-state index contributed by atoms with van der Waals surface area (Å²) in [6.07, 6.45) is -1.02. The molecule has 8 heteroatoms. The van der Waals surface area contributed by atoms with Crippen LogP contribution in [0.1, 0.15) is 54.6 Å². The normalized spacial score (nSPS) is 12.9. The van der Waals surface area contributed by atoms with Gasteiger partial charge in [-0.3, -0.25) is 14.4 Å². The number of rotatable bonds is 9. The number of Topliss-reactive ketones (excluding diaryl/α,β-unsaturated/α-hetero) is 1. The summed E-state index contributed by atoms with van der Waals surface area (Å²) in [5, 5.41) is 7.21. The summed E-state index contributed by atoms with van der Waals surface area (Å²) in [7, 11) is 0. The molecule has 1 heterocycles. The van der Waals surface area contributed by atoms with Crippen LogP contribution in [0.3, 0.4) is 0 Å². The van der Waals surface area contributed by atoms with Gasteiger partial charge in [-0.15, -0.1) is 11.3 Å². The fourth-order valence-electron chi connectivity index (χ4n) is 2.66. The molecule has 0 aliphatic carbocycles. The summed E-state index contributed by atoms with van der Waals surface area (Å²) in [4.78, 5) is 49.9. The first-order valence-electron chi connectivity index (χ1n) is 10.1. The van der Waals surface area contributed by atoms with Crippen molar-refractivity contribution in [1.29, 1.82) is 0 Å². The molecule has 2 rings (SSSR count). The lowest BCUT2D eigenvalue weighted by molar-refractivity contribution is -0.149. The fourth-order valence-corrected chi connectivity index (χ4v) is 3.28. The number of amides is 2. The van der Waals surface area contributed by atoms with Crippen LogP contribution < -0.4 is 10.6 Å². The highest BCUT2D eigenvalue weighted by atomic mass is 32.1. The van der Waals surface area contributed by atoms with Crippen molar-refractivity contribution >= 4 is 40.6 Å². The van der Waals surface area contributed by atoms with Crippen LogP contribution in [0.25, 0.3) is 0 Å². The molecule has 0 bridgehead atoms. The van der Waals surface area contributed by atoms with E-state index in [9.17, 15) is 19.2 Å². The number of thiophene rings is 1. The maximum Gasteiger partial charge on any atom is 0.329 e. The number of carbonyl (C=O) groups excluding carboxylic acids is 4. The molecule has 2 atom stereocenters. The number of esters is 1. The highest BCUT2D eigenvalue weighted by molar-refractivity contribution is 7.12. The van der Waals surface area contributed by atoms with E-state index in [1.54, 1.807) is 69.5 Å². The zero-order chi connectivity index (χ0) is 23.1. The van der Waals surface area contributed by atoms with Gasteiger partial charge >= 0.3 is 5.97 Å². The summed E-state index contributed by atoms with van der Waals surface area (Å²) in [5.74, 6) is -1.89. The van der Waals surface area contributed by atoms with Crippen molar-refractivity contribution in [1.82, 2.24) is 5.32 Å². The van der Waals surface area contributed by atoms with E-state index < -0.39 is 18.1 Å². The minimum atomic E-state index is -1.02. The molecule has 2 aromatic rings. The smallest absolute Gasteiger partial charge is 0.329 e. The minimum absolute atomic E-state index is 0.120. The second-order valence-corrected chi connectivity index (χ2v) is 8.78. The van der Waals surface area contributed by atoms with E-state index in [1.165, 1.54) is 18.3 Å². The number of carbonyl (C=O) groups is 4. The van der Waals surface area contributed by atoms with Gasteiger partial charge < -0.3 is 15.4 Å². The zero-order valence-corrected chi connectivity index (χ0v) is 19.1. The molecule has 0 saturated heterocycles. The number of ketones is 1. The lowest BCUT2D eigenvalue weighted by Crippen LogP contribution is -2.46. The molecular weight excluding hydrogens is 416 g/mol. The van der Waals surface area contributed by atoms with E-state index in [2.05, 4.69) is 10.6 Å². The monoisotopic (exact) mass is 444 g/mol. The number of anilines is 1. The van der Waals surface area contributed by atoms with Crippen LogP contribution in [0.15, 0.2) is 41.8 Å². The van der Waals surface area contributed by atoms with E-state index in [0.717, 1.165) is 0 Å². The molecule has 1 aromatic heterocycles. The molecule has 0 saturated carbocycles. The van der Waals surface area contributed by atoms with E-state index in [0.29, 0.717) is 16.1 Å². The van der Waals surface area contributed by atoms with Gasteiger partial charge in [-0.05, 0) is 48.6 Å². The van der Waals surface area contributed by atoms with Gasteiger partial charge in [0.05, 0.1) is 4.88 Å². The van der Waals surface area contributed by atoms with Gasteiger partial charge in [0, 0.05) is 17.2 Å². The highest BCUT2D eigenvalue weighted by Crippen LogP contribution is 2.15. The predicted molar refractivity (Wildman–Crippen MR) is 120 cm³/mol. The number of hydrogen-bond donors (Lipinski definition) is 2. The highest BCUT2D eigenvalue weighted by Gasteiger charge is 2.29. The minimum Gasteiger partial charge on any atom is -0.453 e. The SMILES string of the molecule is CC(C)C(=O)Nc1ccc(C(=O)C(C)OC(=O)C(NC(=O)c2cccs2)C(C)C)cc1. The summed E-state index contributed by atoms with van der Waals surface area (Å²) >= 11 is 1.27. The van der Waals surface area contributed by atoms with E-state index in [-0.39, 0.29) is 29.4 Å². The number of ether oxygens (including phenoxy) is 1. The fraction of sp³-hybridized carbons (Fsp3) is 0.391. The predicted octanol–water partition coefficient (Wildman–Crippen LogP) is 3.91. The Hall–Kier alpha value is -3.00. The largest absolute Gasteiger partial charge is 0.453 e. The maximum atomic E-state index is 12.7. The first kappa shape index (κ1) is 24.3. The van der Waals surface area contributed by atoms with Gasteiger partial charge in [-0.2, -0.15) is 0 Å². The third-order valence-corrected chi connectivity index (χ3v) is 5.44. The Morgan fingerprint density at radius 2 is 1.58 bits per heavy atom. The molecule has 0 radical (unpaired) electrons. The second-order valence-electron chi connectivity index (χ2n) is 7.84. The van der Waals surface area contributed by atoms with Crippen molar-refractivity contribution in [2.75, 3.05) is 5.32 Å². The van der Waals surface area contributed by atoms with Gasteiger partial charge in [0.15, 0.2) is 6.10 Å². The molecular formula is C23H28N2O5S. The average Bonchev–Trinajstić information content (AvgIpc) is 3.26. The maximum absolute atomic E-state index is 12.7. The first-order chi connectivity index (χ1) is 14.6. The van der Waals surface area contributed by atoms with Gasteiger partial charge in [0.25, 0.3) is 5.91 Å². The average molecular weight is 445 g/mol. The van der Waals surface area contributed by atoms with Crippen molar-refractivity contribution in [3.05, 3.63) is 52.2 Å². The Kier molecular flexibility index (Phi) is 8.50. The van der Waals surface area contributed by atoms with Crippen molar-refractivity contribution < 1.29 is 23.9 Å². The van der Waals surface area contributed by atoms with Crippen LogP contribution in [0, 0.1) is 11.8 Å². The third kappa shape index (κ3) is 6.75. The van der Waals surface area contributed by atoms with Crippen molar-refractivity contribution in [3.8, 4) is 0 Å². The quantitative estimate of drug-likeness (QED) is 0.451. The summed E-state index contributed by atoms with van der Waals surface area (Å²) in [6, 6.07) is 8.94. The van der Waals surface area contributed by atoms with Gasteiger partial charge in [-0.25, -0.2) is 4.79 Å². The Labute approximate surface area is 186 Å². The molecule has 7 nitrogen and oxygen atoms in total. The topological polar surface area (TPSA) is 102 Å².